The van der Waals surface area contributed by atoms with Crippen LogP contribution in [0.4, 0.5) is 5.82 Å². The third kappa shape index (κ3) is 1.59. The lowest BCUT2D eigenvalue weighted by molar-refractivity contribution is 1.13. The van der Waals surface area contributed by atoms with Crippen LogP contribution >= 0.6 is 0 Å². The molecule has 18 heavy (non-hydrogen) atoms. The molecule has 3 N–H and O–H groups in total. The first kappa shape index (κ1) is 10.4. The molecular formula is C14H10N4. The number of H-pyrrole nitrogens is 1. The molecule has 0 saturated carbocycles. The van der Waals surface area contributed by atoms with E-state index in [4.69, 9.17) is 11.0 Å². The molecule has 0 spiro atoms. The van der Waals surface area contributed by atoms with E-state index in [9.17, 15) is 0 Å². The van der Waals surface area contributed by atoms with E-state index in [1.54, 1.807) is 6.07 Å². The van der Waals surface area contributed by atoms with Gasteiger partial charge in [0.05, 0.1) is 17.1 Å². The van der Waals surface area contributed by atoms with Crippen LogP contribution in [-0.2, 0) is 0 Å². The van der Waals surface area contributed by atoms with Crippen molar-refractivity contribution in [1.29, 1.82) is 5.26 Å². The summed E-state index contributed by atoms with van der Waals surface area (Å²) < 4.78 is 0. The van der Waals surface area contributed by atoms with E-state index in [2.05, 4.69) is 16.3 Å². The number of aromatic amines is 1. The van der Waals surface area contributed by atoms with Crippen molar-refractivity contribution in [2.24, 2.45) is 0 Å². The van der Waals surface area contributed by atoms with Gasteiger partial charge in [0.25, 0.3) is 0 Å². The van der Waals surface area contributed by atoms with Crippen molar-refractivity contribution in [2.45, 2.75) is 0 Å². The van der Waals surface area contributed by atoms with E-state index in [1.807, 2.05) is 36.4 Å². The molecular weight excluding hydrogens is 224 g/mol. The standard InChI is InChI=1S/C14H10N4/c15-8-9-2-1-3-10(6-9)11-4-5-12-13(7-11)17-18-14(12)16/h1-7H,(H3,16,17,18). The Labute approximate surface area is 104 Å². The quantitative estimate of drug-likeness (QED) is 0.679. The van der Waals surface area contributed by atoms with Crippen LogP contribution in [0.3, 0.4) is 0 Å². The SMILES string of the molecule is N#Cc1cccc(-c2ccc3c(N)n[nH]c3c2)c1. The molecule has 0 unspecified atom stereocenters. The number of aromatic nitrogens is 2. The maximum atomic E-state index is 8.90. The van der Waals surface area contributed by atoms with E-state index >= 15 is 0 Å². The number of nitrogens with two attached hydrogens (primary N) is 1. The van der Waals surface area contributed by atoms with Crippen molar-refractivity contribution in [1.82, 2.24) is 10.2 Å². The summed E-state index contributed by atoms with van der Waals surface area (Å²) in [4.78, 5) is 0. The fourth-order valence-electron chi connectivity index (χ4n) is 1.99. The van der Waals surface area contributed by atoms with Gasteiger partial charge in [-0.1, -0.05) is 18.2 Å². The summed E-state index contributed by atoms with van der Waals surface area (Å²) >= 11 is 0. The highest BCUT2D eigenvalue weighted by Gasteiger charge is 2.04. The van der Waals surface area contributed by atoms with Gasteiger partial charge in [0.2, 0.25) is 0 Å². The summed E-state index contributed by atoms with van der Waals surface area (Å²) in [6, 6.07) is 15.5. The summed E-state index contributed by atoms with van der Waals surface area (Å²) in [5, 5.41) is 16.7. The molecule has 0 atom stereocenters. The zero-order valence-corrected chi connectivity index (χ0v) is 9.51. The van der Waals surface area contributed by atoms with Crippen LogP contribution in [0.2, 0.25) is 0 Å². The molecule has 0 radical (unpaired) electrons. The second-order valence-electron chi connectivity index (χ2n) is 4.06. The normalized spacial score (nSPS) is 10.4. The summed E-state index contributed by atoms with van der Waals surface area (Å²) in [5.74, 6) is 0.502. The first-order valence-corrected chi connectivity index (χ1v) is 5.52. The second-order valence-corrected chi connectivity index (χ2v) is 4.06. The first-order chi connectivity index (χ1) is 8.78. The average Bonchev–Trinajstić information content (AvgIpc) is 2.80. The van der Waals surface area contributed by atoms with Gasteiger partial charge in [0.15, 0.2) is 5.82 Å². The highest BCUT2D eigenvalue weighted by atomic mass is 15.1. The summed E-state index contributed by atoms with van der Waals surface area (Å²) in [6.07, 6.45) is 0. The Hall–Kier alpha value is -2.80. The van der Waals surface area contributed by atoms with Crippen molar-refractivity contribution in [3.63, 3.8) is 0 Å². The van der Waals surface area contributed by atoms with Gasteiger partial charge in [-0.25, -0.2) is 0 Å². The number of nitrogen functional groups attached to an aromatic ring is 1. The minimum atomic E-state index is 0.502. The van der Waals surface area contributed by atoms with E-state index < -0.39 is 0 Å². The van der Waals surface area contributed by atoms with Crippen LogP contribution < -0.4 is 5.73 Å². The minimum absolute atomic E-state index is 0.502. The Morgan fingerprint density at radius 3 is 2.78 bits per heavy atom. The fraction of sp³-hybridized carbons (Fsp3) is 0. The second kappa shape index (κ2) is 3.90. The number of fused-ring (bicyclic) bond motifs is 1. The van der Waals surface area contributed by atoms with Gasteiger partial charge >= 0.3 is 0 Å². The third-order valence-corrected chi connectivity index (χ3v) is 2.92. The molecule has 1 heterocycles. The molecule has 0 fully saturated rings. The lowest BCUT2D eigenvalue weighted by atomic mass is 10.0. The highest BCUT2D eigenvalue weighted by Crippen LogP contribution is 2.26. The molecule has 0 aliphatic rings. The van der Waals surface area contributed by atoms with Crippen molar-refractivity contribution in [3.8, 4) is 17.2 Å². The molecule has 0 amide bonds. The van der Waals surface area contributed by atoms with Crippen molar-refractivity contribution in [3.05, 3.63) is 48.0 Å². The van der Waals surface area contributed by atoms with Gasteiger partial charge in [-0.2, -0.15) is 10.4 Å². The number of anilines is 1. The van der Waals surface area contributed by atoms with Gasteiger partial charge in [0, 0.05) is 5.39 Å². The molecule has 0 aliphatic carbocycles. The predicted octanol–water partition coefficient (Wildman–Crippen LogP) is 2.68. The van der Waals surface area contributed by atoms with Gasteiger partial charge in [-0.15, -0.1) is 0 Å². The van der Waals surface area contributed by atoms with Crippen LogP contribution in [0.15, 0.2) is 42.5 Å². The molecule has 0 aliphatic heterocycles. The number of benzene rings is 2. The van der Waals surface area contributed by atoms with E-state index in [-0.39, 0.29) is 0 Å². The molecule has 3 rings (SSSR count). The summed E-state index contributed by atoms with van der Waals surface area (Å²) in [6.45, 7) is 0. The lowest BCUT2D eigenvalue weighted by Crippen LogP contribution is -1.84. The van der Waals surface area contributed by atoms with E-state index in [0.29, 0.717) is 11.4 Å². The predicted molar refractivity (Wildman–Crippen MR) is 70.7 cm³/mol. The van der Waals surface area contributed by atoms with E-state index in [0.717, 1.165) is 22.0 Å². The summed E-state index contributed by atoms with van der Waals surface area (Å²) in [5.41, 5.74) is 9.31. The number of nitrogens with zero attached hydrogens (tertiary/aromatic N) is 2. The van der Waals surface area contributed by atoms with Crippen LogP contribution in [0.25, 0.3) is 22.0 Å². The molecule has 4 nitrogen and oxygen atoms in total. The van der Waals surface area contributed by atoms with Crippen LogP contribution in [0.5, 0.6) is 0 Å². The molecule has 4 heteroatoms. The van der Waals surface area contributed by atoms with Crippen LogP contribution in [-0.4, -0.2) is 10.2 Å². The van der Waals surface area contributed by atoms with Crippen molar-refractivity contribution >= 4 is 16.7 Å². The maximum absolute atomic E-state index is 8.90. The molecule has 2 aromatic carbocycles. The molecule has 0 bridgehead atoms. The fourth-order valence-corrected chi connectivity index (χ4v) is 1.99. The molecule has 86 valence electrons. The number of nitrogens with one attached hydrogen (secondary N) is 1. The van der Waals surface area contributed by atoms with Gasteiger partial charge in [0.1, 0.15) is 0 Å². The Bertz CT molecular complexity index is 765. The zero-order chi connectivity index (χ0) is 12.5. The zero-order valence-electron chi connectivity index (χ0n) is 9.51. The minimum Gasteiger partial charge on any atom is -0.382 e. The van der Waals surface area contributed by atoms with Crippen molar-refractivity contribution in [2.75, 3.05) is 5.73 Å². The Kier molecular flexibility index (Phi) is 2.24. The summed E-state index contributed by atoms with van der Waals surface area (Å²) in [7, 11) is 0. The van der Waals surface area contributed by atoms with Gasteiger partial charge in [-0.05, 0) is 35.4 Å². The average molecular weight is 234 g/mol. The van der Waals surface area contributed by atoms with E-state index in [1.165, 1.54) is 0 Å². The van der Waals surface area contributed by atoms with Gasteiger partial charge < -0.3 is 5.73 Å². The monoisotopic (exact) mass is 234 g/mol. The largest absolute Gasteiger partial charge is 0.382 e. The topological polar surface area (TPSA) is 78.5 Å². The number of rotatable bonds is 1. The number of hydrogen-bond acceptors (Lipinski definition) is 3. The van der Waals surface area contributed by atoms with Crippen LogP contribution in [0.1, 0.15) is 5.56 Å². The lowest BCUT2D eigenvalue weighted by Gasteiger charge is -2.02. The Morgan fingerprint density at radius 1 is 1.11 bits per heavy atom. The van der Waals surface area contributed by atoms with Crippen molar-refractivity contribution < 1.29 is 0 Å². The highest BCUT2D eigenvalue weighted by molar-refractivity contribution is 5.91. The molecule has 0 saturated heterocycles. The van der Waals surface area contributed by atoms with Crippen LogP contribution in [0, 0.1) is 11.3 Å². The Balaban J connectivity index is 2.16. The third-order valence-electron chi connectivity index (χ3n) is 2.92. The smallest absolute Gasteiger partial charge is 0.153 e. The Morgan fingerprint density at radius 2 is 1.94 bits per heavy atom. The molecule has 3 aromatic rings. The number of nitriles is 1. The molecule has 1 aromatic heterocycles. The number of hydrogen-bond donors (Lipinski definition) is 2. The first-order valence-electron chi connectivity index (χ1n) is 5.52. The van der Waals surface area contributed by atoms with Gasteiger partial charge in [-0.3, -0.25) is 5.10 Å². The maximum Gasteiger partial charge on any atom is 0.153 e.